The van der Waals surface area contributed by atoms with Gasteiger partial charge in [0.2, 0.25) is 0 Å². The summed E-state index contributed by atoms with van der Waals surface area (Å²) in [6.45, 7) is 12.8. The van der Waals surface area contributed by atoms with Gasteiger partial charge in [-0.2, -0.15) is 5.11 Å². The van der Waals surface area contributed by atoms with E-state index < -0.39 is 0 Å². The lowest BCUT2D eigenvalue weighted by Gasteiger charge is -2.26. The van der Waals surface area contributed by atoms with Crippen molar-refractivity contribution in [2.45, 2.75) is 58.8 Å². The molecule has 0 amide bonds. The number of hydrogen-bond donors (Lipinski definition) is 1. The average Bonchev–Trinajstić information content (AvgIpc) is 2.67. The third-order valence-corrected chi connectivity index (χ3v) is 5.26. The van der Waals surface area contributed by atoms with Gasteiger partial charge < -0.3 is 5.11 Å². The highest BCUT2D eigenvalue weighted by Crippen LogP contribution is 2.42. The predicted molar refractivity (Wildman–Crippen MR) is 125 cm³/mol. The van der Waals surface area contributed by atoms with Crippen LogP contribution in [0.5, 0.6) is 5.75 Å². The lowest BCUT2D eigenvalue weighted by molar-refractivity contribution is 0.446. The van der Waals surface area contributed by atoms with Gasteiger partial charge in [0.1, 0.15) is 11.4 Å². The molecule has 3 heteroatoms. The third kappa shape index (κ3) is 5.15. The maximum Gasteiger partial charge on any atom is 0.146 e. The molecule has 3 nitrogen and oxygen atoms in total. The fraction of sp³-hybridized carbons (Fsp3) is 0.333. The largest absolute Gasteiger partial charge is 0.505 e. The van der Waals surface area contributed by atoms with Crippen molar-refractivity contribution in [3.05, 3.63) is 89.0 Å². The summed E-state index contributed by atoms with van der Waals surface area (Å²) >= 11 is 0. The molecule has 0 aliphatic carbocycles. The molecule has 0 aliphatic heterocycles. The second kappa shape index (κ2) is 8.43. The van der Waals surface area contributed by atoms with Crippen LogP contribution in [0.15, 0.2) is 77.0 Å². The molecule has 0 aromatic heterocycles. The molecular formula is C27H32N2O. The molecule has 3 aromatic rings. The van der Waals surface area contributed by atoms with Crippen molar-refractivity contribution in [3.8, 4) is 5.75 Å². The molecule has 0 aliphatic rings. The van der Waals surface area contributed by atoms with Crippen LogP contribution in [0.1, 0.15) is 63.8 Å². The summed E-state index contributed by atoms with van der Waals surface area (Å²) in [6.07, 6.45) is 0.789. The molecule has 3 aromatic carbocycles. The monoisotopic (exact) mass is 400 g/mol. The van der Waals surface area contributed by atoms with Crippen molar-refractivity contribution < 1.29 is 5.11 Å². The highest BCUT2D eigenvalue weighted by atomic mass is 16.3. The van der Waals surface area contributed by atoms with Crippen LogP contribution in [-0.4, -0.2) is 5.11 Å². The Morgan fingerprint density at radius 1 is 0.700 bits per heavy atom. The Bertz CT molecular complexity index is 1040. The summed E-state index contributed by atoms with van der Waals surface area (Å²) < 4.78 is 0. The van der Waals surface area contributed by atoms with Crippen LogP contribution in [0, 0.1) is 0 Å². The van der Waals surface area contributed by atoms with Crippen molar-refractivity contribution in [1.82, 2.24) is 0 Å². The maximum absolute atomic E-state index is 10.9. The van der Waals surface area contributed by atoms with Crippen molar-refractivity contribution in [2.75, 3.05) is 0 Å². The Balaban J connectivity index is 2.03. The van der Waals surface area contributed by atoms with Gasteiger partial charge in [0, 0.05) is 5.56 Å². The SMILES string of the molecule is CC(C)(C)c1cc(N=Nc2ccccc2Cc2ccccc2)c(O)c(C(C)(C)C)c1. The quantitative estimate of drug-likeness (QED) is 0.443. The maximum atomic E-state index is 10.9. The summed E-state index contributed by atoms with van der Waals surface area (Å²) in [5, 5.41) is 20.0. The topological polar surface area (TPSA) is 45.0 Å². The van der Waals surface area contributed by atoms with Crippen molar-refractivity contribution in [2.24, 2.45) is 10.2 Å². The molecule has 0 unspecified atom stereocenters. The highest BCUT2D eigenvalue weighted by molar-refractivity contribution is 5.60. The molecular weight excluding hydrogens is 368 g/mol. The first-order valence-electron chi connectivity index (χ1n) is 10.5. The summed E-state index contributed by atoms with van der Waals surface area (Å²) in [5.74, 6) is 0.208. The van der Waals surface area contributed by atoms with Gasteiger partial charge in [0.05, 0.1) is 5.69 Å². The number of hydrogen-bond acceptors (Lipinski definition) is 3. The summed E-state index contributed by atoms with van der Waals surface area (Å²) in [5.41, 5.74) is 5.45. The zero-order chi connectivity index (χ0) is 21.9. The van der Waals surface area contributed by atoms with Gasteiger partial charge in [-0.1, -0.05) is 96.1 Å². The lowest BCUT2D eigenvalue weighted by Crippen LogP contribution is -2.16. The van der Waals surface area contributed by atoms with Crippen LogP contribution < -0.4 is 0 Å². The minimum atomic E-state index is -0.194. The van der Waals surface area contributed by atoms with Gasteiger partial charge in [-0.3, -0.25) is 0 Å². The van der Waals surface area contributed by atoms with Crippen molar-refractivity contribution >= 4 is 11.4 Å². The zero-order valence-electron chi connectivity index (χ0n) is 18.9. The number of phenolic OH excluding ortho intramolecular Hbond substituents is 1. The molecule has 0 saturated carbocycles. The minimum absolute atomic E-state index is 0.0524. The zero-order valence-corrected chi connectivity index (χ0v) is 18.9. The fourth-order valence-electron chi connectivity index (χ4n) is 3.38. The van der Waals surface area contributed by atoms with E-state index in [1.165, 1.54) is 5.56 Å². The smallest absolute Gasteiger partial charge is 0.146 e. The van der Waals surface area contributed by atoms with Gasteiger partial charge in [-0.15, -0.1) is 5.11 Å². The average molecular weight is 401 g/mol. The first-order valence-corrected chi connectivity index (χ1v) is 10.5. The van der Waals surface area contributed by atoms with E-state index >= 15 is 0 Å². The van der Waals surface area contributed by atoms with Gasteiger partial charge >= 0.3 is 0 Å². The van der Waals surface area contributed by atoms with Crippen LogP contribution in [0.3, 0.4) is 0 Å². The molecule has 0 saturated heterocycles. The Morgan fingerprint density at radius 2 is 1.30 bits per heavy atom. The van der Waals surface area contributed by atoms with Crippen LogP contribution >= 0.6 is 0 Å². The first kappa shape index (κ1) is 21.8. The van der Waals surface area contributed by atoms with E-state index in [0.717, 1.165) is 28.8 Å². The summed E-state index contributed by atoms with van der Waals surface area (Å²) in [4.78, 5) is 0. The first-order chi connectivity index (χ1) is 14.1. The number of nitrogens with zero attached hydrogens (tertiary/aromatic N) is 2. The summed E-state index contributed by atoms with van der Waals surface area (Å²) in [7, 11) is 0. The van der Waals surface area contributed by atoms with Crippen LogP contribution in [-0.2, 0) is 17.3 Å². The summed E-state index contributed by atoms with van der Waals surface area (Å²) in [6, 6.07) is 22.4. The van der Waals surface area contributed by atoms with Gasteiger partial charge in [-0.25, -0.2) is 0 Å². The number of aromatic hydroxyl groups is 1. The van der Waals surface area contributed by atoms with Crippen molar-refractivity contribution in [1.29, 1.82) is 0 Å². The molecule has 0 atom stereocenters. The minimum Gasteiger partial charge on any atom is -0.505 e. The van der Waals surface area contributed by atoms with Gasteiger partial charge in [0.25, 0.3) is 0 Å². The highest BCUT2D eigenvalue weighted by Gasteiger charge is 2.25. The van der Waals surface area contributed by atoms with Crippen LogP contribution in [0.4, 0.5) is 11.4 Å². The second-order valence-electron chi connectivity index (χ2n) is 9.88. The lowest BCUT2D eigenvalue weighted by atomic mass is 9.80. The molecule has 0 spiro atoms. The normalized spacial score (nSPS) is 12.5. The molecule has 1 N–H and O–H groups in total. The van der Waals surface area contributed by atoms with E-state index in [1.807, 2.05) is 42.5 Å². The van der Waals surface area contributed by atoms with E-state index in [0.29, 0.717) is 5.69 Å². The van der Waals surface area contributed by atoms with E-state index in [2.05, 4.69) is 76.0 Å². The van der Waals surface area contributed by atoms with Crippen LogP contribution in [0.2, 0.25) is 0 Å². The molecule has 0 bridgehead atoms. The molecule has 0 heterocycles. The van der Waals surface area contributed by atoms with Gasteiger partial charge in [0.15, 0.2) is 0 Å². The van der Waals surface area contributed by atoms with E-state index in [1.54, 1.807) is 0 Å². The fourth-order valence-corrected chi connectivity index (χ4v) is 3.38. The van der Waals surface area contributed by atoms with Crippen molar-refractivity contribution in [3.63, 3.8) is 0 Å². The number of rotatable bonds is 4. The van der Waals surface area contributed by atoms with E-state index in [-0.39, 0.29) is 16.6 Å². The number of benzene rings is 3. The Hall–Kier alpha value is -2.94. The van der Waals surface area contributed by atoms with E-state index in [9.17, 15) is 5.11 Å². The molecule has 156 valence electrons. The molecule has 3 rings (SSSR count). The second-order valence-corrected chi connectivity index (χ2v) is 9.88. The van der Waals surface area contributed by atoms with Gasteiger partial charge in [-0.05, 0) is 46.1 Å². The Labute approximate surface area is 180 Å². The number of azo groups is 1. The third-order valence-electron chi connectivity index (χ3n) is 5.26. The Kier molecular flexibility index (Phi) is 6.12. The standard InChI is InChI=1S/C27H32N2O/c1-26(2,3)21-17-22(27(4,5)6)25(30)24(18-21)29-28-23-15-11-10-14-20(23)16-19-12-8-7-9-13-19/h7-15,17-18,30H,16H2,1-6H3. The molecule has 0 fully saturated rings. The Morgan fingerprint density at radius 3 is 1.93 bits per heavy atom. The molecule has 0 radical (unpaired) electrons. The molecule has 30 heavy (non-hydrogen) atoms. The number of phenols is 1. The van der Waals surface area contributed by atoms with Crippen LogP contribution in [0.25, 0.3) is 0 Å². The predicted octanol–water partition coefficient (Wildman–Crippen LogP) is 7.99. The van der Waals surface area contributed by atoms with E-state index in [4.69, 9.17) is 0 Å².